The van der Waals surface area contributed by atoms with Crippen LogP contribution < -0.4 is 10.1 Å². The first-order valence-corrected chi connectivity index (χ1v) is 8.96. The van der Waals surface area contributed by atoms with Crippen molar-refractivity contribution in [1.29, 1.82) is 0 Å². The molecule has 0 bridgehead atoms. The first-order valence-electron chi connectivity index (χ1n) is 8.96. The van der Waals surface area contributed by atoms with E-state index in [1.807, 2.05) is 66.4 Å². The van der Waals surface area contributed by atoms with Gasteiger partial charge in [-0.1, -0.05) is 48.0 Å². The molecule has 1 saturated heterocycles. The van der Waals surface area contributed by atoms with Crippen molar-refractivity contribution in [1.82, 2.24) is 10.2 Å². The molecule has 0 radical (unpaired) electrons. The van der Waals surface area contributed by atoms with Gasteiger partial charge in [0.15, 0.2) is 6.61 Å². The number of benzene rings is 2. The van der Waals surface area contributed by atoms with Crippen LogP contribution in [0.25, 0.3) is 0 Å². The second kappa shape index (κ2) is 8.52. The zero-order chi connectivity index (χ0) is 18.4. The van der Waals surface area contributed by atoms with Gasteiger partial charge >= 0.3 is 0 Å². The predicted molar refractivity (Wildman–Crippen MR) is 99.8 cm³/mol. The minimum atomic E-state index is -0.677. The van der Waals surface area contributed by atoms with Gasteiger partial charge in [-0.15, -0.1) is 0 Å². The van der Waals surface area contributed by atoms with Crippen LogP contribution in [-0.2, 0) is 9.59 Å². The number of aryl methyl sites for hydroxylation is 1. The van der Waals surface area contributed by atoms with Crippen LogP contribution in [0.2, 0.25) is 0 Å². The molecule has 0 aromatic heterocycles. The summed E-state index contributed by atoms with van der Waals surface area (Å²) in [7, 11) is 0. The van der Waals surface area contributed by atoms with E-state index in [0.717, 1.165) is 37.1 Å². The van der Waals surface area contributed by atoms with Crippen LogP contribution in [-0.4, -0.2) is 36.4 Å². The monoisotopic (exact) mass is 352 g/mol. The van der Waals surface area contributed by atoms with E-state index >= 15 is 0 Å². The lowest BCUT2D eigenvalue weighted by atomic mass is 10.1. The maximum absolute atomic E-state index is 12.9. The average Bonchev–Trinajstić information content (AvgIpc) is 3.21. The number of hydrogen-bond acceptors (Lipinski definition) is 3. The highest BCUT2D eigenvalue weighted by Gasteiger charge is 2.29. The summed E-state index contributed by atoms with van der Waals surface area (Å²) in [6.45, 7) is 3.36. The fraction of sp³-hybridized carbons (Fsp3) is 0.333. The van der Waals surface area contributed by atoms with Crippen LogP contribution in [0.1, 0.15) is 30.0 Å². The second-order valence-corrected chi connectivity index (χ2v) is 6.55. The zero-order valence-corrected chi connectivity index (χ0v) is 15.0. The Morgan fingerprint density at radius 2 is 1.69 bits per heavy atom. The summed E-state index contributed by atoms with van der Waals surface area (Å²) < 4.78 is 5.53. The summed E-state index contributed by atoms with van der Waals surface area (Å²) in [5.74, 6) is 0.261. The Balaban J connectivity index is 1.65. The number of ether oxygens (including phenoxy) is 1. The lowest BCUT2D eigenvalue weighted by Crippen LogP contribution is -2.43. The number of carbonyl (C=O) groups is 2. The summed E-state index contributed by atoms with van der Waals surface area (Å²) >= 11 is 0. The number of amides is 2. The first-order chi connectivity index (χ1) is 12.6. The van der Waals surface area contributed by atoms with E-state index in [-0.39, 0.29) is 18.4 Å². The van der Waals surface area contributed by atoms with Crippen molar-refractivity contribution >= 4 is 11.8 Å². The van der Waals surface area contributed by atoms with Crippen LogP contribution >= 0.6 is 0 Å². The largest absolute Gasteiger partial charge is 0.484 e. The number of hydrogen-bond donors (Lipinski definition) is 1. The van der Waals surface area contributed by atoms with Crippen molar-refractivity contribution in [2.24, 2.45) is 0 Å². The molecule has 0 aliphatic carbocycles. The smallest absolute Gasteiger partial charge is 0.258 e. The topological polar surface area (TPSA) is 58.6 Å². The highest BCUT2D eigenvalue weighted by molar-refractivity contribution is 5.89. The molecule has 1 aliphatic rings. The highest BCUT2D eigenvalue weighted by Crippen LogP contribution is 2.19. The molecule has 2 aromatic rings. The molecule has 1 atom stereocenters. The fourth-order valence-electron chi connectivity index (χ4n) is 3.04. The van der Waals surface area contributed by atoms with Gasteiger partial charge in [-0.3, -0.25) is 9.59 Å². The third kappa shape index (κ3) is 4.63. The van der Waals surface area contributed by atoms with E-state index in [1.165, 1.54) is 0 Å². The van der Waals surface area contributed by atoms with Crippen LogP contribution in [0.15, 0.2) is 54.6 Å². The Kier molecular flexibility index (Phi) is 5.89. The molecule has 26 heavy (non-hydrogen) atoms. The van der Waals surface area contributed by atoms with Gasteiger partial charge in [0.25, 0.3) is 5.91 Å². The van der Waals surface area contributed by atoms with Gasteiger partial charge in [0, 0.05) is 13.1 Å². The van der Waals surface area contributed by atoms with Gasteiger partial charge < -0.3 is 15.0 Å². The third-order valence-electron chi connectivity index (χ3n) is 4.49. The van der Waals surface area contributed by atoms with E-state index < -0.39 is 6.04 Å². The zero-order valence-electron chi connectivity index (χ0n) is 15.0. The molecule has 5 heteroatoms. The third-order valence-corrected chi connectivity index (χ3v) is 4.49. The lowest BCUT2D eigenvalue weighted by Gasteiger charge is -2.24. The van der Waals surface area contributed by atoms with E-state index in [2.05, 4.69) is 5.32 Å². The molecule has 1 aliphatic heterocycles. The molecule has 0 unspecified atom stereocenters. The number of likely N-dealkylation sites (tertiary alicyclic amines) is 1. The standard InChI is InChI=1S/C21H24N2O3/c1-16-9-11-18(12-10-16)26-15-19(24)22-20(17-7-3-2-4-8-17)21(25)23-13-5-6-14-23/h2-4,7-12,20H,5-6,13-15H2,1H3,(H,22,24)/t20-/m0/s1. The van der Waals surface area contributed by atoms with Crippen molar-refractivity contribution in [2.45, 2.75) is 25.8 Å². The molecule has 0 spiro atoms. The van der Waals surface area contributed by atoms with Crippen LogP contribution in [0.3, 0.4) is 0 Å². The Hall–Kier alpha value is -2.82. The number of rotatable bonds is 6. The van der Waals surface area contributed by atoms with Crippen LogP contribution in [0, 0.1) is 6.92 Å². The number of nitrogens with one attached hydrogen (secondary N) is 1. The molecular weight excluding hydrogens is 328 g/mol. The average molecular weight is 352 g/mol. The fourth-order valence-corrected chi connectivity index (χ4v) is 3.04. The Bertz CT molecular complexity index is 738. The van der Waals surface area contributed by atoms with Crippen LogP contribution in [0.5, 0.6) is 5.75 Å². The van der Waals surface area contributed by atoms with Gasteiger partial charge in [-0.2, -0.15) is 0 Å². The van der Waals surface area contributed by atoms with Gasteiger partial charge in [0.2, 0.25) is 5.91 Å². The van der Waals surface area contributed by atoms with Crippen molar-refractivity contribution in [3.05, 3.63) is 65.7 Å². The predicted octanol–water partition coefficient (Wildman–Crippen LogP) is 2.85. The van der Waals surface area contributed by atoms with Crippen LogP contribution in [0.4, 0.5) is 0 Å². The molecule has 2 aromatic carbocycles. The first kappa shape index (κ1) is 18.0. The van der Waals surface area contributed by atoms with Gasteiger partial charge in [-0.05, 0) is 37.5 Å². The van der Waals surface area contributed by atoms with Gasteiger partial charge in [-0.25, -0.2) is 0 Å². The Morgan fingerprint density at radius 1 is 1.04 bits per heavy atom. The van der Waals surface area contributed by atoms with Gasteiger partial charge in [0.05, 0.1) is 0 Å². The summed E-state index contributed by atoms with van der Waals surface area (Å²) in [6.07, 6.45) is 2.02. The van der Waals surface area contributed by atoms with Gasteiger partial charge in [0.1, 0.15) is 11.8 Å². The van der Waals surface area contributed by atoms with E-state index in [9.17, 15) is 9.59 Å². The van der Waals surface area contributed by atoms with Crippen molar-refractivity contribution in [2.75, 3.05) is 19.7 Å². The molecule has 3 rings (SSSR count). The molecule has 1 fully saturated rings. The second-order valence-electron chi connectivity index (χ2n) is 6.55. The molecule has 2 amide bonds. The van der Waals surface area contributed by atoms with Crippen molar-refractivity contribution < 1.29 is 14.3 Å². The Labute approximate surface area is 154 Å². The summed E-state index contributed by atoms with van der Waals surface area (Å²) in [5.41, 5.74) is 1.91. The maximum atomic E-state index is 12.9. The lowest BCUT2D eigenvalue weighted by molar-refractivity contribution is -0.136. The SMILES string of the molecule is Cc1ccc(OCC(=O)N[C@H](C(=O)N2CCCC2)c2ccccc2)cc1. The summed E-state index contributed by atoms with van der Waals surface area (Å²) in [6, 6.07) is 16.2. The quantitative estimate of drug-likeness (QED) is 0.870. The summed E-state index contributed by atoms with van der Waals surface area (Å²) in [4.78, 5) is 27.1. The maximum Gasteiger partial charge on any atom is 0.258 e. The van der Waals surface area contributed by atoms with E-state index in [4.69, 9.17) is 4.74 Å². The molecule has 0 saturated carbocycles. The summed E-state index contributed by atoms with van der Waals surface area (Å²) in [5, 5.41) is 2.84. The van der Waals surface area contributed by atoms with Crippen molar-refractivity contribution in [3.8, 4) is 5.75 Å². The number of carbonyl (C=O) groups excluding carboxylic acids is 2. The molecule has 136 valence electrons. The van der Waals surface area contributed by atoms with E-state index in [1.54, 1.807) is 0 Å². The van der Waals surface area contributed by atoms with E-state index in [0.29, 0.717) is 5.75 Å². The molecule has 1 N–H and O–H groups in total. The molecule has 5 nitrogen and oxygen atoms in total. The molecular formula is C21H24N2O3. The number of nitrogens with zero attached hydrogens (tertiary/aromatic N) is 1. The normalized spacial score (nSPS) is 14.7. The minimum Gasteiger partial charge on any atom is -0.484 e. The molecule has 1 heterocycles. The highest BCUT2D eigenvalue weighted by atomic mass is 16.5. The minimum absolute atomic E-state index is 0.0580. The van der Waals surface area contributed by atoms with Crippen molar-refractivity contribution in [3.63, 3.8) is 0 Å². The Morgan fingerprint density at radius 3 is 2.35 bits per heavy atom.